The maximum absolute atomic E-state index is 9.64. The van der Waals surface area contributed by atoms with E-state index in [1.165, 1.54) is 4.90 Å². The largest absolute Gasteiger partial charge is 0.396 e. The van der Waals surface area contributed by atoms with Crippen LogP contribution in [0.1, 0.15) is 13.3 Å². The topological polar surface area (TPSA) is 20.2 Å². The van der Waals surface area contributed by atoms with Gasteiger partial charge in [0.15, 0.2) is 0 Å². The second-order valence-corrected chi connectivity index (χ2v) is 12.8. The van der Waals surface area contributed by atoms with E-state index in [2.05, 4.69) is 62.3 Å². The Bertz CT molecular complexity index is 511. The molecule has 2 atom stereocenters. The highest BCUT2D eigenvalue weighted by molar-refractivity contribution is 8.01. The van der Waals surface area contributed by atoms with E-state index >= 15 is 0 Å². The molecule has 0 bridgehead atoms. The number of rotatable bonds is 3. The highest BCUT2D eigenvalue weighted by Crippen LogP contribution is 2.65. The van der Waals surface area contributed by atoms with Gasteiger partial charge in [-0.2, -0.15) is 0 Å². The molecule has 0 heterocycles. The standard InChI is InChI=1S/C16H22OSSi/c1-15(13-17)12-16(15,10-11-19(2,3)4)18-14-8-6-5-7-9-14/h5-9,17H,12-13H2,1-4H3. The van der Waals surface area contributed by atoms with Gasteiger partial charge in [-0.1, -0.05) is 50.7 Å². The summed E-state index contributed by atoms with van der Waals surface area (Å²) in [5.41, 5.74) is 3.44. The summed E-state index contributed by atoms with van der Waals surface area (Å²) in [4.78, 5) is 1.24. The first kappa shape index (κ1) is 14.7. The molecule has 1 aromatic carbocycles. The third kappa shape index (κ3) is 3.25. The lowest BCUT2D eigenvalue weighted by Crippen LogP contribution is -2.20. The van der Waals surface area contributed by atoms with Crippen molar-refractivity contribution in [2.75, 3.05) is 6.61 Å². The fourth-order valence-corrected chi connectivity index (χ4v) is 4.23. The molecule has 19 heavy (non-hydrogen) atoms. The molecule has 3 heteroatoms. The average molecular weight is 291 g/mol. The van der Waals surface area contributed by atoms with E-state index in [4.69, 9.17) is 0 Å². The van der Waals surface area contributed by atoms with E-state index in [-0.39, 0.29) is 16.8 Å². The van der Waals surface area contributed by atoms with Crippen LogP contribution < -0.4 is 0 Å². The Kier molecular flexibility index (Phi) is 3.88. The predicted octanol–water partition coefficient (Wildman–Crippen LogP) is 3.80. The van der Waals surface area contributed by atoms with E-state index < -0.39 is 8.07 Å². The molecular formula is C16H22OSSi. The van der Waals surface area contributed by atoms with Crippen LogP contribution >= 0.6 is 11.8 Å². The van der Waals surface area contributed by atoms with Crippen molar-refractivity contribution in [1.82, 2.24) is 0 Å². The van der Waals surface area contributed by atoms with Gasteiger partial charge in [0.05, 0.1) is 11.4 Å². The van der Waals surface area contributed by atoms with Crippen molar-refractivity contribution in [3.8, 4) is 11.5 Å². The molecule has 102 valence electrons. The monoisotopic (exact) mass is 290 g/mol. The molecule has 1 nitrogen and oxygen atoms in total. The second-order valence-electron chi connectivity index (χ2n) is 6.64. The van der Waals surface area contributed by atoms with Gasteiger partial charge in [-0.15, -0.1) is 17.3 Å². The molecule has 0 aliphatic heterocycles. The van der Waals surface area contributed by atoms with E-state index in [1.807, 2.05) is 17.8 Å². The van der Waals surface area contributed by atoms with Gasteiger partial charge in [-0.25, -0.2) is 0 Å². The second kappa shape index (κ2) is 5.01. The van der Waals surface area contributed by atoms with Gasteiger partial charge >= 0.3 is 0 Å². The van der Waals surface area contributed by atoms with Crippen LogP contribution in [-0.2, 0) is 0 Å². The zero-order valence-electron chi connectivity index (χ0n) is 12.2. The lowest BCUT2D eigenvalue weighted by atomic mass is 10.1. The lowest BCUT2D eigenvalue weighted by molar-refractivity contribution is 0.221. The lowest BCUT2D eigenvalue weighted by Gasteiger charge is -2.16. The Morgan fingerprint density at radius 1 is 1.26 bits per heavy atom. The minimum Gasteiger partial charge on any atom is -0.396 e. The Morgan fingerprint density at radius 3 is 2.37 bits per heavy atom. The van der Waals surface area contributed by atoms with Gasteiger partial charge < -0.3 is 5.11 Å². The average Bonchev–Trinajstić information content (AvgIpc) is 2.94. The van der Waals surface area contributed by atoms with Crippen LogP contribution in [0, 0.1) is 16.9 Å². The summed E-state index contributed by atoms with van der Waals surface area (Å²) in [6.45, 7) is 9.15. The van der Waals surface area contributed by atoms with Gasteiger partial charge in [-0.05, 0) is 18.6 Å². The molecule has 0 spiro atoms. The number of benzene rings is 1. The van der Waals surface area contributed by atoms with Crippen LogP contribution in [0.15, 0.2) is 35.2 Å². The predicted molar refractivity (Wildman–Crippen MR) is 86.0 cm³/mol. The van der Waals surface area contributed by atoms with Crippen LogP contribution in [-0.4, -0.2) is 24.5 Å². The Morgan fingerprint density at radius 2 is 1.89 bits per heavy atom. The van der Waals surface area contributed by atoms with Gasteiger partial charge in [-0.3, -0.25) is 0 Å². The first-order chi connectivity index (χ1) is 8.80. The minimum absolute atomic E-state index is 0.0554. The first-order valence-electron chi connectivity index (χ1n) is 6.70. The molecule has 1 saturated carbocycles. The summed E-state index contributed by atoms with van der Waals surface area (Å²) in [5, 5.41) is 9.64. The molecule has 1 fully saturated rings. The molecule has 1 aromatic rings. The number of hydrogen-bond acceptors (Lipinski definition) is 2. The van der Waals surface area contributed by atoms with Crippen molar-refractivity contribution in [2.24, 2.45) is 5.41 Å². The van der Waals surface area contributed by atoms with E-state index in [1.54, 1.807) is 0 Å². The summed E-state index contributed by atoms with van der Waals surface area (Å²) in [6.07, 6.45) is 0.980. The fourth-order valence-electron chi connectivity index (χ4n) is 2.05. The Labute approximate surface area is 121 Å². The van der Waals surface area contributed by atoms with Gasteiger partial charge in [0, 0.05) is 10.3 Å². The van der Waals surface area contributed by atoms with Gasteiger partial charge in [0.25, 0.3) is 0 Å². The molecular weight excluding hydrogens is 268 g/mol. The van der Waals surface area contributed by atoms with Gasteiger partial charge in [0.2, 0.25) is 0 Å². The zero-order valence-corrected chi connectivity index (χ0v) is 14.0. The van der Waals surface area contributed by atoms with Crippen LogP contribution in [0.5, 0.6) is 0 Å². The number of aliphatic hydroxyl groups excluding tert-OH is 1. The van der Waals surface area contributed by atoms with Crippen LogP contribution in [0.3, 0.4) is 0 Å². The van der Waals surface area contributed by atoms with Crippen molar-refractivity contribution in [1.29, 1.82) is 0 Å². The normalized spacial score (nSPS) is 29.5. The Balaban J connectivity index is 2.26. The molecule has 0 saturated heterocycles. The summed E-state index contributed by atoms with van der Waals surface area (Å²) >= 11 is 1.82. The molecule has 0 aromatic heterocycles. The molecule has 1 aliphatic carbocycles. The molecule has 1 N–H and O–H groups in total. The summed E-state index contributed by atoms with van der Waals surface area (Å²) in [6, 6.07) is 10.4. The van der Waals surface area contributed by atoms with Gasteiger partial charge in [0.1, 0.15) is 8.07 Å². The third-order valence-corrected chi connectivity index (χ3v) is 5.98. The molecule has 1 aliphatic rings. The zero-order chi connectivity index (χ0) is 14.1. The van der Waals surface area contributed by atoms with Crippen LogP contribution in [0.2, 0.25) is 19.6 Å². The molecule has 0 radical (unpaired) electrons. The summed E-state index contributed by atoms with van der Waals surface area (Å²) < 4.78 is -0.0939. The minimum atomic E-state index is -1.38. The quantitative estimate of drug-likeness (QED) is 0.675. The SMILES string of the molecule is CC1(CO)CC1(C#C[Si](C)(C)C)Sc1ccccc1. The summed E-state index contributed by atoms with van der Waals surface area (Å²) in [5.74, 6) is 3.51. The van der Waals surface area contributed by atoms with Crippen LogP contribution in [0.4, 0.5) is 0 Å². The van der Waals surface area contributed by atoms with Crippen LogP contribution in [0.25, 0.3) is 0 Å². The Hall–Kier alpha value is -0.693. The smallest absolute Gasteiger partial charge is 0.129 e. The number of hydrogen-bond donors (Lipinski definition) is 1. The maximum atomic E-state index is 9.64. The van der Waals surface area contributed by atoms with E-state index in [9.17, 15) is 5.11 Å². The maximum Gasteiger partial charge on any atom is 0.129 e. The highest BCUT2D eigenvalue weighted by atomic mass is 32.2. The molecule has 0 amide bonds. The van der Waals surface area contributed by atoms with E-state index in [0.717, 1.165) is 6.42 Å². The number of thioether (sulfide) groups is 1. The molecule has 2 unspecified atom stereocenters. The summed E-state index contributed by atoms with van der Waals surface area (Å²) in [7, 11) is -1.38. The van der Waals surface area contributed by atoms with Crippen molar-refractivity contribution < 1.29 is 5.11 Å². The van der Waals surface area contributed by atoms with Crippen molar-refractivity contribution in [3.63, 3.8) is 0 Å². The number of aliphatic hydroxyl groups is 1. The van der Waals surface area contributed by atoms with Crippen molar-refractivity contribution >= 4 is 19.8 Å². The van der Waals surface area contributed by atoms with E-state index in [0.29, 0.717) is 0 Å². The first-order valence-corrected chi connectivity index (χ1v) is 11.0. The highest BCUT2D eigenvalue weighted by Gasteiger charge is 2.64. The third-order valence-electron chi connectivity index (χ3n) is 3.51. The molecule has 2 rings (SSSR count). The van der Waals surface area contributed by atoms with Crippen molar-refractivity contribution in [2.45, 2.75) is 42.6 Å². The van der Waals surface area contributed by atoms with Crippen molar-refractivity contribution in [3.05, 3.63) is 30.3 Å². The fraction of sp³-hybridized carbons (Fsp3) is 0.500.